The predicted molar refractivity (Wildman–Crippen MR) is 294 cm³/mol. The van der Waals surface area contributed by atoms with Crippen LogP contribution in [-0.2, 0) is 38.0 Å². The summed E-state index contributed by atoms with van der Waals surface area (Å²) in [6, 6.07) is 0. The molecule has 0 aliphatic carbocycles. The van der Waals surface area contributed by atoms with Crippen molar-refractivity contribution in [2.45, 2.75) is 345 Å². The highest BCUT2D eigenvalue weighted by atomic mass is 16.7. The Labute approximate surface area is 455 Å². The summed E-state index contributed by atoms with van der Waals surface area (Å²) in [4.78, 5) is 25.9. The molecule has 0 amide bonds. The molecule has 15 heteroatoms. The maximum Gasteiger partial charge on any atom is 0.306 e. The molecule has 15 nitrogen and oxygen atoms in total. The molecule has 0 aromatic rings. The van der Waals surface area contributed by atoms with E-state index in [4.69, 9.17) is 28.4 Å². The zero-order valence-electron chi connectivity index (χ0n) is 47.6. The number of aliphatic hydroxyl groups is 7. The van der Waals surface area contributed by atoms with Gasteiger partial charge >= 0.3 is 11.9 Å². The molecular weight excluding hydrogens is 961 g/mol. The summed E-state index contributed by atoms with van der Waals surface area (Å²) in [6.45, 7) is 2.67. The van der Waals surface area contributed by atoms with E-state index in [1.165, 1.54) is 199 Å². The molecule has 444 valence electrons. The molecule has 2 aliphatic heterocycles. The van der Waals surface area contributed by atoms with Crippen molar-refractivity contribution >= 4 is 11.9 Å². The van der Waals surface area contributed by atoms with E-state index in [1.54, 1.807) is 0 Å². The van der Waals surface area contributed by atoms with Crippen LogP contribution in [0.1, 0.15) is 277 Å². The summed E-state index contributed by atoms with van der Waals surface area (Å²) in [5.74, 6) is -0.901. The Bertz CT molecular complexity index is 1310. The van der Waals surface area contributed by atoms with Crippen molar-refractivity contribution in [3.63, 3.8) is 0 Å². The highest BCUT2D eigenvalue weighted by Crippen LogP contribution is 2.27. The van der Waals surface area contributed by atoms with Gasteiger partial charge in [0.05, 0.1) is 19.8 Å². The standard InChI is InChI=1S/C60H114O15/c1-3-5-7-9-11-13-15-17-19-21-23-25-27-29-31-33-35-37-39-41-43-52(63)73-48(45-70-51(62)42-40-38-36-34-32-30-28-26-24-22-20-18-16-14-12-10-8-6-4-2)46-71-59-58(69)56(67)54(65)50(75-59)47-72-60-57(68)55(66)53(64)49(44-61)74-60/h48-50,53-61,64-69H,3-47H2,1-2H3/t48-,49+,50+,53-,54-,55?,56?,57?,58?,59+,60+/m1/s1. The summed E-state index contributed by atoms with van der Waals surface area (Å²) in [7, 11) is 0. The van der Waals surface area contributed by atoms with Gasteiger partial charge in [-0.3, -0.25) is 9.59 Å². The van der Waals surface area contributed by atoms with Gasteiger partial charge in [-0.25, -0.2) is 0 Å². The predicted octanol–water partition coefficient (Wildman–Crippen LogP) is 11.1. The minimum atomic E-state index is -1.76. The Hall–Kier alpha value is -1.50. The molecule has 2 aliphatic rings. The molecule has 7 N–H and O–H groups in total. The van der Waals surface area contributed by atoms with Gasteiger partial charge in [0.15, 0.2) is 18.7 Å². The van der Waals surface area contributed by atoms with Gasteiger partial charge in [0.25, 0.3) is 0 Å². The second-order valence-electron chi connectivity index (χ2n) is 22.3. The normalized spacial score (nSPS) is 24.4. The van der Waals surface area contributed by atoms with E-state index in [0.717, 1.165) is 38.5 Å². The van der Waals surface area contributed by atoms with Gasteiger partial charge in [-0.1, -0.05) is 251 Å². The number of hydrogen-bond acceptors (Lipinski definition) is 15. The lowest BCUT2D eigenvalue weighted by Gasteiger charge is -2.42. The van der Waals surface area contributed by atoms with Crippen LogP contribution in [0.4, 0.5) is 0 Å². The molecule has 0 aromatic heterocycles. The van der Waals surface area contributed by atoms with Gasteiger partial charge in [0, 0.05) is 12.8 Å². The van der Waals surface area contributed by atoms with Crippen molar-refractivity contribution in [3.8, 4) is 0 Å². The second-order valence-corrected chi connectivity index (χ2v) is 22.3. The minimum absolute atomic E-state index is 0.174. The first kappa shape index (κ1) is 69.6. The van der Waals surface area contributed by atoms with Gasteiger partial charge in [-0.2, -0.15) is 0 Å². The molecule has 2 fully saturated rings. The number of carbonyl (C=O) groups excluding carboxylic acids is 2. The molecule has 2 rings (SSSR count). The summed E-state index contributed by atoms with van der Waals surface area (Å²) < 4.78 is 33.8. The Morgan fingerprint density at radius 3 is 1.04 bits per heavy atom. The smallest absolute Gasteiger partial charge is 0.306 e. The van der Waals surface area contributed by atoms with Crippen LogP contribution in [0.2, 0.25) is 0 Å². The first-order valence-corrected chi connectivity index (χ1v) is 31.1. The quantitative estimate of drug-likeness (QED) is 0.0222. The maximum absolute atomic E-state index is 13.1. The Kier molecular flexibility index (Phi) is 43.9. The van der Waals surface area contributed by atoms with E-state index in [9.17, 15) is 45.3 Å². The average Bonchev–Trinajstić information content (AvgIpc) is 3.40. The van der Waals surface area contributed by atoms with E-state index in [-0.39, 0.29) is 26.1 Å². The molecule has 0 radical (unpaired) electrons. The van der Waals surface area contributed by atoms with Crippen molar-refractivity contribution < 1.29 is 73.8 Å². The van der Waals surface area contributed by atoms with Gasteiger partial charge < -0.3 is 64.2 Å². The third kappa shape index (κ3) is 34.3. The first-order chi connectivity index (χ1) is 36.5. The van der Waals surface area contributed by atoms with E-state index in [2.05, 4.69) is 13.8 Å². The lowest BCUT2D eigenvalue weighted by molar-refractivity contribution is -0.332. The van der Waals surface area contributed by atoms with Crippen LogP contribution in [0.3, 0.4) is 0 Å². The van der Waals surface area contributed by atoms with Gasteiger partial charge in [-0.15, -0.1) is 0 Å². The Morgan fingerprint density at radius 2 is 0.680 bits per heavy atom. The Morgan fingerprint density at radius 1 is 0.373 bits per heavy atom. The van der Waals surface area contributed by atoms with Crippen LogP contribution in [0.5, 0.6) is 0 Å². The fourth-order valence-electron chi connectivity index (χ4n) is 10.3. The summed E-state index contributed by atoms with van der Waals surface area (Å²) >= 11 is 0. The second kappa shape index (κ2) is 47.3. The molecule has 0 saturated carbocycles. The van der Waals surface area contributed by atoms with E-state index < -0.39 is 92.7 Å². The van der Waals surface area contributed by atoms with Crippen molar-refractivity contribution in [3.05, 3.63) is 0 Å². The molecule has 2 saturated heterocycles. The third-order valence-corrected chi connectivity index (χ3v) is 15.3. The number of rotatable bonds is 51. The van der Waals surface area contributed by atoms with Crippen LogP contribution < -0.4 is 0 Å². The number of hydrogen-bond donors (Lipinski definition) is 7. The number of unbranched alkanes of at least 4 members (excludes halogenated alkanes) is 37. The van der Waals surface area contributed by atoms with Crippen LogP contribution in [-0.4, -0.2) is 142 Å². The average molecular weight is 1080 g/mol. The lowest BCUT2D eigenvalue weighted by Crippen LogP contribution is -2.61. The van der Waals surface area contributed by atoms with Gasteiger partial charge in [-0.05, 0) is 12.8 Å². The van der Waals surface area contributed by atoms with Crippen molar-refractivity contribution in [2.24, 2.45) is 0 Å². The number of esters is 2. The van der Waals surface area contributed by atoms with Crippen molar-refractivity contribution in [1.29, 1.82) is 0 Å². The van der Waals surface area contributed by atoms with Crippen molar-refractivity contribution in [1.82, 2.24) is 0 Å². The molecular formula is C60H114O15. The Balaban J connectivity index is 1.71. The molecule has 75 heavy (non-hydrogen) atoms. The fraction of sp³-hybridized carbons (Fsp3) is 0.967. The molecule has 2 heterocycles. The van der Waals surface area contributed by atoms with Crippen LogP contribution in [0.25, 0.3) is 0 Å². The third-order valence-electron chi connectivity index (χ3n) is 15.3. The summed E-state index contributed by atoms with van der Waals surface area (Å²) in [5, 5.41) is 72.4. The molecule has 0 aromatic carbocycles. The fourth-order valence-corrected chi connectivity index (χ4v) is 10.3. The summed E-state index contributed by atoms with van der Waals surface area (Å²) in [5.41, 5.74) is 0. The number of aliphatic hydroxyl groups excluding tert-OH is 7. The number of carbonyl (C=O) groups is 2. The molecule has 11 atom stereocenters. The lowest BCUT2D eigenvalue weighted by atomic mass is 9.98. The van der Waals surface area contributed by atoms with Crippen LogP contribution in [0, 0.1) is 0 Å². The van der Waals surface area contributed by atoms with Crippen LogP contribution >= 0.6 is 0 Å². The molecule has 0 spiro atoms. The zero-order chi connectivity index (χ0) is 54.6. The molecule has 0 bridgehead atoms. The first-order valence-electron chi connectivity index (χ1n) is 31.1. The highest BCUT2D eigenvalue weighted by molar-refractivity contribution is 5.70. The van der Waals surface area contributed by atoms with Gasteiger partial charge in [0.1, 0.15) is 55.4 Å². The van der Waals surface area contributed by atoms with E-state index in [1.807, 2.05) is 0 Å². The molecule has 4 unspecified atom stereocenters. The number of ether oxygens (including phenoxy) is 6. The zero-order valence-corrected chi connectivity index (χ0v) is 47.6. The van der Waals surface area contributed by atoms with E-state index >= 15 is 0 Å². The maximum atomic E-state index is 13.1. The summed E-state index contributed by atoms with van der Waals surface area (Å²) in [6.07, 6.45) is 32.6. The topological polar surface area (TPSA) is 231 Å². The van der Waals surface area contributed by atoms with Crippen molar-refractivity contribution in [2.75, 3.05) is 26.4 Å². The SMILES string of the molecule is CCCCCCCCCCCCCCCCCCCCCCC(=O)O[C@H](COC(=O)CCCCCCCCCCCCCCCCCCCCC)CO[C@H]1O[C@@H](CO[C@H]2O[C@@H](CO)[C@@H](O)C(O)C2O)[C@@H](O)C(O)C1O. The van der Waals surface area contributed by atoms with E-state index in [0.29, 0.717) is 12.8 Å². The highest BCUT2D eigenvalue weighted by Gasteiger charge is 2.47. The minimum Gasteiger partial charge on any atom is -0.462 e. The van der Waals surface area contributed by atoms with Crippen LogP contribution in [0.15, 0.2) is 0 Å². The monoisotopic (exact) mass is 1070 g/mol. The largest absolute Gasteiger partial charge is 0.462 e. The van der Waals surface area contributed by atoms with Gasteiger partial charge in [0.2, 0.25) is 0 Å².